The first kappa shape index (κ1) is 19.1. The van der Waals surface area contributed by atoms with Crippen molar-refractivity contribution < 1.29 is 13.2 Å². The van der Waals surface area contributed by atoms with Crippen molar-refractivity contribution >= 4 is 38.5 Å². The van der Waals surface area contributed by atoms with E-state index in [4.69, 9.17) is 0 Å². The average molecular weight is 394 g/mol. The van der Waals surface area contributed by atoms with Gasteiger partial charge < -0.3 is 4.90 Å². The molecule has 0 radical (unpaired) electrons. The molecule has 1 fully saturated rings. The summed E-state index contributed by atoms with van der Waals surface area (Å²) in [4.78, 5) is 23.8. The number of carbonyl (C=O) groups is 1. The molecule has 3 rings (SSSR count). The van der Waals surface area contributed by atoms with Crippen LogP contribution in [-0.4, -0.2) is 58.5 Å². The number of amides is 1. The number of nitrogens with zero attached hydrogens (tertiary/aromatic N) is 3. The molecule has 2 aromatic rings. The summed E-state index contributed by atoms with van der Waals surface area (Å²) in [7, 11) is -3.02. The number of sulfone groups is 1. The van der Waals surface area contributed by atoms with Gasteiger partial charge in [0.15, 0.2) is 9.84 Å². The van der Waals surface area contributed by atoms with Gasteiger partial charge in [0.05, 0.1) is 33.5 Å². The van der Waals surface area contributed by atoms with Gasteiger partial charge in [-0.1, -0.05) is 23.9 Å². The summed E-state index contributed by atoms with van der Waals surface area (Å²) in [5, 5.41) is 0.382. The third-order valence-corrected chi connectivity index (χ3v) is 7.53. The highest BCUT2D eigenvalue weighted by Crippen LogP contribution is 2.28. The SMILES string of the molecule is CCN(C(=O)C(C)Sc1nc2ccccc2nc1C)C1CCS(=O)(=O)C1. The Morgan fingerprint density at radius 3 is 2.54 bits per heavy atom. The Labute approximate surface area is 158 Å². The van der Waals surface area contributed by atoms with Gasteiger partial charge in [-0.25, -0.2) is 18.4 Å². The molecule has 0 bridgehead atoms. The van der Waals surface area contributed by atoms with E-state index in [1.54, 1.807) is 4.90 Å². The summed E-state index contributed by atoms with van der Waals surface area (Å²) in [6.07, 6.45) is 0.522. The number of para-hydroxylation sites is 2. The largest absolute Gasteiger partial charge is 0.338 e. The van der Waals surface area contributed by atoms with Gasteiger partial charge in [0, 0.05) is 12.6 Å². The highest BCUT2D eigenvalue weighted by molar-refractivity contribution is 8.00. The van der Waals surface area contributed by atoms with Crippen LogP contribution in [-0.2, 0) is 14.6 Å². The van der Waals surface area contributed by atoms with Gasteiger partial charge in [-0.15, -0.1) is 0 Å². The molecule has 1 amide bonds. The van der Waals surface area contributed by atoms with E-state index in [0.29, 0.717) is 13.0 Å². The van der Waals surface area contributed by atoms with Gasteiger partial charge in [-0.2, -0.15) is 0 Å². The van der Waals surface area contributed by atoms with Crippen molar-refractivity contribution in [3.63, 3.8) is 0 Å². The molecule has 1 aliphatic rings. The topological polar surface area (TPSA) is 80.2 Å². The summed E-state index contributed by atoms with van der Waals surface area (Å²) < 4.78 is 23.5. The third kappa shape index (κ3) is 4.01. The minimum Gasteiger partial charge on any atom is -0.338 e. The van der Waals surface area contributed by atoms with E-state index in [2.05, 4.69) is 9.97 Å². The Morgan fingerprint density at radius 1 is 1.31 bits per heavy atom. The Kier molecular flexibility index (Phi) is 5.53. The molecule has 26 heavy (non-hydrogen) atoms. The van der Waals surface area contributed by atoms with E-state index in [1.165, 1.54) is 11.8 Å². The Hall–Kier alpha value is -1.67. The molecule has 1 aliphatic heterocycles. The second-order valence-corrected chi connectivity index (χ2v) is 10.1. The van der Waals surface area contributed by atoms with E-state index < -0.39 is 9.84 Å². The zero-order chi connectivity index (χ0) is 18.9. The minimum absolute atomic E-state index is 0.0473. The number of rotatable bonds is 5. The summed E-state index contributed by atoms with van der Waals surface area (Å²) in [5.41, 5.74) is 2.43. The first-order chi connectivity index (χ1) is 12.3. The fourth-order valence-electron chi connectivity index (χ4n) is 3.25. The van der Waals surface area contributed by atoms with Crippen LogP contribution in [0.5, 0.6) is 0 Å². The van der Waals surface area contributed by atoms with Crippen LogP contribution in [0, 0.1) is 6.92 Å². The average Bonchev–Trinajstić information content (AvgIpc) is 2.95. The van der Waals surface area contributed by atoms with Gasteiger partial charge in [-0.3, -0.25) is 4.79 Å². The molecule has 8 heteroatoms. The molecule has 0 aliphatic carbocycles. The van der Waals surface area contributed by atoms with E-state index in [-0.39, 0.29) is 28.7 Å². The van der Waals surface area contributed by atoms with Crippen LogP contribution >= 0.6 is 11.8 Å². The fraction of sp³-hybridized carbons (Fsp3) is 0.500. The molecular weight excluding hydrogens is 370 g/mol. The number of hydrogen-bond acceptors (Lipinski definition) is 6. The smallest absolute Gasteiger partial charge is 0.236 e. The molecular formula is C18H23N3O3S2. The van der Waals surface area contributed by atoms with E-state index in [1.807, 2.05) is 45.0 Å². The van der Waals surface area contributed by atoms with Gasteiger partial charge >= 0.3 is 0 Å². The van der Waals surface area contributed by atoms with Crippen LogP contribution in [0.4, 0.5) is 0 Å². The van der Waals surface area contributed by atoms with Crippen LogP contribution in [0.1, 0.15) is 26.0 Å². The lowest BCUT2D eigenvalue weighted by molar-refractivity contribution is -0.131. The lowest BCUT2D eigenvalue weighted by atomic mass is 10.2. The van der Waals surface area contributed by atoms with Gasteiger partial charge in [-0.05, 0) is 39.3 Å². The van der Waals surface area contributed by atoms with Crippen molar-refractivity contribution in [2.24, 2.45) is 0 Å². The molecule has 1 saturated heterocycles. The minimum atomic E-state index is -3.02. The maximum absolute atomic E-state index is 12.9. The maximum atomic E-state index is 12.9. The second-order valence-electron chi connectivity index (χ2n) is 6.54. The van der Waals surface area contributed by atoms with E-state index in [0.717, 1.165) is 21.8 Å². The molecule has 6 nitrogen and oxygen atoms in total. The quantitative estimate of drug-likeness (QED) is 0.726. The molecule has 2 heterocycles. The Bertz CT molecular complexity index is 930. The van der Waals surface area contributed by atoms with E-state index >= 15 is 0 Å². The first-order valence-electron chi connectivity index (χ1n) is 8.71. The summed E-state index contributed by atoms with van der Waals surface area (Å²) in [6.45, 7) is 6.13. The van der Waals surface area contributed by atoms with Crippen molar-refractivity contribution in [2.75, 3.05) is 18.1 Å². The monoisotopic (exact) mass is 393 g/mol. The van der Waals surface area contributed by atoms with Crippen molar-refractivity contribution in [3.05, 3.63) is 30.0 Å². The molecule has 0 spiro atoms. The number of hydrogen-bond donors (Lipinski definition) is 0. The molecule has 1 aromatic heterocycles. The predicted molar refractivity (Wildman–Crippen MR) is 104 cm³/mol. The Balaban J connectivity index is 1.77. The van der Waals surface area contributed by atoms with Crippen LogP contribution in [0.2, 0.25) is 0 Å². The zero-order valence-electron chi connectivity index (χ0n) is 15.2. The van der Waals surface area contributed by atoms with Crippen molar-refractivity contribution in [3.8, 4) is 0 Å². The van der Waals surface area contributed by atoms with Crippen LogP contribution in [0.25, 0.3) is 11.0 Å². The van der Waals surface area contributed by atoms with Crippen molar-refractivity contribution in [2.45, 2.75) is 43.5 Å². The summed E-state index contributed by atoms with van der Waals surface area (Å²) >= 11 is 1.38. The molecule has 0 saturated carbocycles. The third-order valence-electron chi connectivity index (χ3n) is 4.61. The van der Waals surface area contributed by atoms with E-state index in [9.17, 15) is 13.2 Å². The summed E-state index contributed by atoms with van der Waals surface area (Å²) in [6, 6.07) is 7.43. The molecule has 2 unspecified atom stereocenters. The standard InChI is InChI=1S/C18H23N3O3S2/c1-4-21(14-9-10-26(23,24)11-14)18(22)13(3)25-17-12(2)19-15-7-5-6-8-16(15)20-17/h5-8,13-14H,4,9-11H2,1-3H3. The van der Waals surface area contributed by atoms with Gasteiger partial charge in [0.1, 0.15) is 5.03 Å². The highest BCUT2D eigenvalue weighted by atomic mass is 32.2. The number of thioether (sulfide) groups is 1. The number of aromatic nitrogens is 2. The lowest BCUT2D eigenvalue weighted by Gasteiger charge is -2.29. The summed E-state index contributed by atoms with van der Waals surface area (Å²) in [5.74, 6) is 0.186. The predicted octanol–water partition coefficient (Wildman–Crippen LogP) is 2.45. The Morgan fingerprint density at radius 2 is 1.96 bits per heavy atom. The van der Waals surface area contributed by atoms with Gasteiger partial charge in [0.25, 0.3) is 0 Å². The van der Waals surface area contributed by atoms with Crippen LogP contribution in [0.3, 0.4) is 0 Å². The number of aryl methyl sites for hydroxylation is 1. The normalized spacial score (nSPS) is 20.2. The molecule has 1 aromatic carbocycles. The van der Waals surface area contributed by atoms with Crippen molar-refractivity contribution in [1.29, 1.82) is 0 Å². The second kappa shape index (κ2) is 7.52. The number of carbonyl (C=O) groups excluding carboxylic acids is 1. The molecule has 2 atom stereocenters. The zero-order valence-corrected chi connectivity index (χ0v) is 16.8. The molecule has 0 N–H and O–H groups in total. The lowest BCUT2D eigenvalue weighted by Crippen LogP contribution is -2.44. The number of benzene rings is 1. The van der Waals surface area contributed by atoms with Crippen LogP contribution < -0.4 is 0 Å². The highest BCUT2D eigenvalue weighted by Gasteiger charge is 2.35. The van der Waals surface area contributed by atoms with Crippen molar-refractivity contribution in [1.82, 2.24) is 14.9 Å². The maximum Gasteiger partial charge on any atom is 0.236 e. The van der Waals surface area contributed by atoms with Crippen LogP contribution in [0.15, 0.2) is 29.3 Å². The molecule has 140 valence electrons. The number of fused-ring (bicyclic) bond motifs is 1. The fourth-order valence-corrected chi connectivity index (χ4v) is 5.92. The first-order valence-corrected chi connectivity index (χ1v) is 11.4. The van der Waals surface area contributed by atoms with Gasteiger partial charge in [0.2, 0.25) is 5.91 Å².